The Morgan fingerprint density at radius 2 is 2.10 bits per heavy atom. The molecular formula is C16H16ClN3O. The van der Waals surface area contributed by atoms with Crippen molar-refractivity contribution in [3.05, 3.63) is 52.3 Å². The molecule has 1 aliphatic carbocycles. The molecule has 0 saturated carbocycles. The van der Waals surface area contributed by atoms with Gasteiger partial charge in [0.1, 0.15) is 5.15 Å². The van der Waals surface area contributed by atoms with Crippen LogP contribution in [0.2, 0.25) is 5.15 Å². The number of carbonyl (C=O) groups excluding carboxylic acids is 1. The molecule has 0 unspecified atom stereocenters. The molecule has 0 aliphatic heterocycles. The maximum Gasteiger partial charge on any atom is 0.257 e. The van der Waals surface area contributed by atoms with Crippen LogP contribution in [0.1, 0.15) is 34.3 Å². The molecule has 0 spiro atoms. The Morgan fingerprint density at radius 1 is 1.29 bits per heavy atom. The van der Waals surface area contributed by atoms with Crippen molar-refractivity contribution < 1.29 is 4.79 Å². The Balaban J connectivity index is 1.90. The minimum absolute atomic E-state index is 0.254. The quantitative estimate of drug-likeness (QED) is 0.835. The van der Waals surface area contributed by atoms with Crippen molar-refractivity contribution in [2.24, 2.45) is 0 Å². The number of halogens is 1. The molecule has 1 aliphatic rings. The topological polar surface area (TPSA) is 68.0 Å². The number of carbonyl (C=O) groups is 1. The molecule has 1 amide bonds. The lowest BCUT2D eigenvalue weighted by atomic mass is 9.90. The maximum atomic E-state index is 12.4. The van der Waals surface area contributed by atoms with Crippen molar-refractivity contribution >= 4 is 28.9 Å². The van der Waals surface area contributed by atoms with E-state index in [1.165, 1.54) is 29.8 Å². The third-order valence-electron chi connectivity index (χ3n) is 3.79. The fourth-order valence-electron chi connectivity index (χ4n) is 2.73. The predicted octanol–water partition coefficient (Wildman–Crippen LogP) is 3.45. The first-order valence-corrected chi connectivity index (χ1v) is 7.36. The van der Waals surface area contributed by atoms with E-state index in [0.29, 0.717) is 11.3 Å². The molecule has 0 atom stereocenters. The first-order chi connectivity index (χ1) is 10.1. The van der Waals surface area contributed by atoms with Crippen LogP contribution in [0.4, 0.5) is 11.4 Å². The number of hydrogen-bond acceptors (Lipinski definition) is 3. The van der Waals surface area contributed by atoms with Gasteiger partial charge in [0, 0.05) is 5.69 Å². The van der Waals surface area contributed by atoms with Crippen LogP contribution in [0.25, 0.3) is 0 Å². The van der Waals surface area contributed by atoms with Crippen LogP contribution in [-0.2, 0) is 12.8 Å². The van der Waals surface area contributed by atoms with Gasteiger partial charge in [-0.3, -0.25) is 4.79 Å². The van der Waals surface area contributed by atoms with E-state index in [1.54, 1.807) is 0 Å². The van der Waals surface area contributed by atoms with Gasteiger partial charge in [0.15, 0.2) is 0 Å². The molecule has 3 N–H and O–H groups in total. The van der Waals surface area contributed by atoms with Crippen LogP contribution in [0.5, 0.6) is 0 Å². The zero-order valence-electron chi connectivity index (χ0n) is 11.5. The summed E-state index contributed by atoms with van der Waals surface area (Å²) in [6.45, 7) is 0. The number of benzene rings is 1. The van der Waals surface area contributed by atoms with Crippen LogP contribution in [0.3, 0.4) is 0 Å². The molecular weight excluding hydrogens is 286 g/mol. The van der Waals surface area contributed by atoms with Gasteiger partial charge < -0.3 is 11.1 Å². The standard InChI is InChI=1S/C16H16ClN3O/c17-15-8-12(13(18)9-19-15)16(21)20-14-7-3-5-10-4-1-2-6-11(10)14/h3,5,7-9H,1-2,4,6,18H2,(H,20,21). The van der Waals surface area contributed by atoms with Gasteiger partial charge in [-0.2, -0.15) is 0 Å². The first kappa shape index (κ1) is 13.9. The molecule has 1 aromatic heterocycles. The van der Waals surface area contributed by atoms with Crippen LogP contribution in [0.15, 0.2) is 30.5 Å². The van der Waals surface area contributed by atoms with Crippen molar-refractivity contribution in [1.82, 2.24) is 4.98 Å². The monoisotopic (exact) mass is 301 g/mol. The Labute approximate surface area is 128 Å². The van der Waals surface area contributed by atoms with Crippen molar-refractivity contribution in [2.45, 2.75) is 25.7 Å². The number of nitrogens with two attached hydrogens (primary N) is 1. The number of rotatable bonds is 2. The highest BCUT2D eigenvalue weighted by atomic mass is 35.5. The summed E-state index contributed by atoms with van der Waals surface area (Å²) in [5.74, 6) is -0.254. The van der Waals surface area contributed by atoms with Crippen molar-refractivity contribution in [3.8, 4) is 0 Å². The van der Waals surface area contributed by atoms with E-state index < -0.39 is 0 Å². The maximum absolute atomic E-state index is 12.4. The van der Waals surface area contributed by atoms with E-state index in [-0.39, 0.29) is 11.1 Å². The SMILES string of the molecule is Nc1cnc(Cl)cc1C(=O)Nc1cccc2c1CCCC2. The molecule has 1 heterocycles. The lowest BCUT2D eigenvalue weighted by Gasteiger charge is -2.19. The normalized spacial score (nSPS) is 13.6. The Hall–Kier alpha value is -2.07. The van der Waals surface area contributed by atoms with E-state index >= 15 is 0 Å². The summed E-state index contributed by atoms with van der Waals surface area (Å²) in [5, 5.41) is 3.20. The Bertz CT molecular complexity index is 700. The number of nitrogens with one attached hydrogen (secondary N) is 1. The van der Waals surface area contributed by atoms with Crippen molar-refractivity contribution in [1.29, 1.82) is 0 Å². The summed E-state index contributed by atoms with van der Waals surface area (Å²) in [4.78, 5) is 16.3. The second-order valence-corrected chi connectivity index (χ2v) is 5.59. The second kappa shape index (κ2) is 5.74. The van der Waals surface area contributed by atoms with Crippen LogP contribution in [-0.4, -0.2) is 10.9 Å². The predicted molar refractivity (Wildman–Crippen MR) is 84.7 cm³/mol. The van der Waals surface area contributed by atoms with E-state index in [4.69, 9.17) is 17.3 Å². The molecule has 2 aromatic rings. The minimum Gasteiger partial charge on any atom is -0.397 e. The van der Waals surface area contributed by atoms with E-state index in [1.807, 2.05) is 12.1 Å². The highest BCUT2D eigenvalue weighted by Gasteiger charge is 2.16. The van der Waals surface area contributed by atoms with Crippen LogP contribution >= 0.6 is 11.6 Å². The number of anilines is 2. The van der Waals surface area contributed by atoms with Gasteiger partial charge >= 0.3 is 0 Å². The van der Waals surface area contributed by atoms with Gasteiger partial charge in [0.05, 0.1) is 17.4 Å². The largest absolute Gasteiger partial charge is 0.397 e. The fraction of sp³-hybridized carbons (Fsp3) is 0.250. The van der Waals surface area contributed by atoms with E-state index in [9.17, 15) is 4.79 Å². The number of aryl methyl sites for hydroxylation is 1. The Morgan fingerprint density at radius 3 is 2.95 bits per heavy atom. The molecule has 0 saturated heterocycles. The number of pyridine rings is 1. The molecule has 0 bridgehead atoms. The summed E-state index contributed by atoms with van der Waals surface area (Å²) in [5.41, 5.74) is 9.89. The van der Waals surface area contributed by atoms with E-state index in [0.717, 1.165) is 24.9 Å². The number of nitrogens with zero attached hydrogens (tertiary/aromatic N) is 1. The molecule has 5 heteroatoms. The molecule has 0 radical (unpaired) electrons. The number of hydrogen-bond donors (Lipinski definition) is 2. The van der Waals surface area contributed by atoms with Gasteiger partial charge in [0.25, 0.3) is 5.91 Å². The highest BCUT2D eigenvalue weighted by Crippen LogP contribution is 2.28. The minimum atomic E-state index is -0.254. The molecule has 108 valence electrons. The summed E-state index contributed by atoms with van der Waals surface area (Å²) in [6.07, 6.45) is 5.83. The number of aromatic nitrogens is 1. The zero-order chi connectivity index (χ0) is 14.8. The second-order valence-electron chi connectivity index (χ2n) is 5.20. The van der Waals surface area contributed by atoms with Crippen molar-refractivity contribution in [3.63, 3.8) is 0 Å². The fourth-order valence-corrected chi connectivity index (χ4v) is 2.88. The molecule has 3 rings (SSSR count). The third kappa shape index (κ3) is 2.85. The van der Waals surface area contributed by atoms with Gasteiger partial charge in [-0.25, -0.2) is 4.98 Å². The van der Waals surface area contributed by atoms with Crippen LogP contribution < -0.4 is 11.1 Å². The summed E-state index contributed by atoms with van der Waals surface area (Å²) in [7, 11) is 0. The Kier molecular flexibility index (Phi) is 3.80. The lowest BCUT2D eigenvalue weighted by Crippen LogP contribution is -2.17. The number of amides is 1. The molecule has 4 nitrogen and oxygen atoms in total. The summed E-state index contributed by atoms with van der Waals surface area (Å²) in [6, 6.07) is 7.52. The van der Waals surface area contributed by atoms with Gasteiger partial charge in [-0.15, -0.1) is 0 Å². The average Bonchev–Trinajstić information content (AvgIpc) is 2.50. The summed E-state index contributed by atoms with van der Waals surface area (Å²) < 4.78 is 0. The van der Waals surface area contributed by atoms with Gasteiger partial charge in [0.2, 0.25) is 0 Å². The molecule has 21 heavy (non-hydrogen) atoms. The number of nitrogen functional groups attached to an aromatic ring is 1. The molecule has 0 fully saturated rings. The van der Waals surface area contributed by atoms with Crippen molar-refractivity contribution in [2.75, 3.05) is 11.1 Å². The van der Waals surface area contributed by atoms with Gasteiger partial charge in [-0.05, 0) is 48.9 Å². The number of fused-ring (bicyclic) bond motifs is 1. The van der Waals surface area contributed by atoms with Crippen LogP contribution in [0, 0.1) is 0 Å². The lowest BCUT2D eigenvalue weighted by molar-refractivity contribution is 0.102. The summed E-state index contributed by atoms with van der Waals surface area (Å²) >= 11 is 5.83. The van der Waals surface area contributed by atoms with E-state index in [2.05, 4.69) is 16.4 Å². The molecule has 1 aromatic carbocycles. The van der Waals surface area contributed by atoms with Gasteiger partial charge in [-0.1, -0.05) is 23.7 Å². The average molecular weight is 302 g/mol. The highest BCUT2D eigenvalue weighted by molar-refractivity contribution is 6.30. The smallest absolute Gasteiger partial charge is 0.257 e. The first-order valence-electron chi connectivity index (χ1n) is 6.98. The third-order valence-corrected chi connectivity index (χ3v) is 4.00. The zero-order valence-corrected chi connectivity index (χ0v) is 12.3.